The van der Waals surface area contributed by atoms with Crippen LogP contribution in [0, 0.1) is 12.8 Å². The number of carbonyl (C=O) groups excluding carboxylic acids is 1. The molecular weight excluding hydrogens is 410 g/mol. The van der Waals surface area contributed by atoms with Gasteiger partial charge in [-0.05, 0) is 36.6 Å². The molecular formula is C23H27N5O2S. The van der Waals surface area contributed by atoms with Crippen LogP contribution in [0.4, 0.5) is 0 Å². The Kier molecular flexibility index (Phi) is 5.82. The van der Waals surface area contributed by atoms with Gasteiger partial charge in [-0.1, -0.05) is 26.0 Å². The fourth-order valence-corrected chi connectivity index (χ4v) is 4.72. The number of hydrogen-bond acceptors (Lipinski definition) is 5. The van der Waals surface area contributed by atoms with Crippen molar-refractivity contribution in [3.63, 3.8) is 0 Å². The second kappa shape index (κ2) is 8.55. The van der Waals surface area contributed by atoms with Crippen LogP contribution in [0.2, 0.25) is 0 Å². The van der Waals surface area contributed by atoms with Gasteiger partial charge in [0.2, 0.25) is 0 Å². The van der Waals surface area contributed by atoms with E-state index < -0.39 is 0 Å². The zero-order valence-corrected chi connectivity index (χ0v) is 19.2. The number of amides is 1. The molecule has 8 heteroatoms. The molecule has 7 nitrogen and oxygen atoms in total. The lowest BCUT2D eigenvalue weighted by Gasteiger charge is -2.19. The molecule has 0 saturated carbocycles. The minimum absolute atomic E-state index is 0.125. The smallest absolute Gasteiger partial charge is 0.262 e. The maximum atomic E-state index is 13.3. The quantitative estimate of drug-likeness (QED) is 0.467. The van der Waals surface area contributed by atoms with Crippen LogP contribution in [0.1, 0.15) is 46.6 Å². The van der Waals surface area contributed by atoms with Crippen LogP contribution in [0.5, 0.6) is 5.75 Å². The number of nitrogens with one attached hydrogen (secondary N) is 1. The number of rotatable bonds is 7. The van der Waals surface area contributed by atoms with Gasteiger partial charge in [-0.15, -0.1) is 11.3 Å². The molecule has 0 bridgehead atoms. The summed E-state index contributed by atoms with van der Waals surface area (Å²) in [4.78, 5) is 19.5. The second-order valence-corrected chi connectivity index (χ2v) is 9.10. The molecule has 162 valence electrons. The average molecular weight is 438 g/mol. The number of ether oxygens (including phenoxy) is 1. The summed E-state index contributed by atoms with van der Waals surface area (Å²) in [5, 5.41) is 8.85. The normalized spacial score (nSPS) is 12.5. The molecule has 1 amide bonds. The Morgan fingerprint density at radius 2 is 2.00 bits per heavy atom. The standard InChI is InChI=1S/C23H27N5O2S/c1-14(2)13-28-23-18(15(3)26-28)12-19(31-23)22(29)25-20(21-24-10-11-27(21)4)16-6-8-17(30-5)9-7-16/h6-12,14,20H,13H2,1-5H3,(H,25,29)/t20-/m0/s1. The fourth-order valence-electron chi connectivity index (χ4n) is 3.65. The topological polar surface area (TPSA) is 74.0 Å². The van der Waals surface area contributed by atoms with E-state index in [0.717, 1.165) is 39.6 Å². The van der Waals surface area contributed by atoms with Gasteiger partial charge < -0.3 is 14.6 Å². The van der Waals surface area contributed by atoms with Crippen LogP contribution in [0.15, 0.2) is 42.7 Å². The first-order valence-corrected chi connectivity index (χ1v) is 11.1. The third-order valence-electron chi connectivity index (χ3n) is 5.21. The van der Waals surface area contributed by atoms with Gasteiger partial charge in [-0.25, -0.2) is 4.98 Å². The third kappa shape index (κ3) is 4.20. The Balaban J connectivity index is 1.66. The monoisotopic (exact) mass is 437 g/mol. The molecule has 0 fully saturated rings. The summed E-state index contributed by atoms with van der Waals surface area (Å²) in [6.45, 7) is 7.14. The van der Waals surface area contributed by atoms with Crippen molar-refractivity contribution in [3.8, 4) is 5.75 Å². The van der Waals surface area contributed by atoms with E-state index in [4.69, 9.17) is 4.74 Å². The van der Waals surface area contributed by atoms with E-state index in [1.807, 2.05) is 59.7 Å². The Hall–Kier alpha value is -3.13. The molecule has 0 aliphatic rings. The highest BCUT2D eigenvalue weighted by Gasteiger charge is 2.24. The number of hydrogen-bond donors (Lipinski definition) is 1. The van der Waals surface area contributed by atoms with Crippen molar-refractivity contribution in [2.75, 3.05) is 7.11 Å². The summed E-state index contributed by atoms with van der Waals surface area (Å²) in [6.07, 6.45) is 3.61. The van der Waals surface area contributed by atoms with Crippen molar-refractivity contribution in [2.45, 2.75) is 33.4 Å². The van der Waals surface area contributed by atoms with E-state index in [0.29, 0.717) is 10.8 Å². The van der Waals surface area contributed by atoms with E-state index in [9.17, 15) is 4.79 Å². The molecule has 0 aliphatic heterocycles. The maximum absolute atomic E-state index is 13.3. The number of aryl methyl sites for hydroxylation is 2. The van der Waals surface area contributed by atoms with E-state index in [-0.39, 0.29) is 11.9 Å². The van der Waals surface area contributed by atoms with Crippen LogP contribution < -0.4 is 10.1 Å². The Morgan fingerprint density at radius 3 is 2.61 bits per heavy atom. The van der Waals surface area contributed by atoms with Crippen molar-refractivity contribution in [1.29, 1.82) is 0 Å². The van der Waals surface area contributed by atoms with Crippen LogP contribution in [0.25, 0.3) is 10.2 Å². The molecule has 0 unspecified atom stereocenters. The van der Waals surface area contributed by atoms with Gasteiger partial charge in [0.1, 0.15) is 22.4 Å². The van der Waals surface area contributed by atoms with Gasteiger partial charge in [-0.3, -0.25) is 9.48 Å². The van der Waals surface area contributed by atoms with E-state index in [2.05, 4.69) is 29.2 Å². The van der Waals surface area contributed by atoms with Gasteiger partial charge in [0.15, 0.2) is 0 Å². The number of thiophene rings is 1. The number of methoxy groups -OCH3 is 1. The van der Waals surface area contributed by atoms with Crippen molar-refractivity contribution in [2.24, 2.45) is 13.0 Å². The van der Waals surface area contributed by atoms with Gasteiger partial charge >= 0.3 is 0 Å². The predicted molar refractivity (Wildman–Crippen MR) is 123 cm³/mol. The molecule has 0 aliphatic carbocycles. The van der Waals surface area contributed by atoms with Crippen LogP contribution in [-0.2, 0) is 13.6 Å². The molecule has 1 N–H and O–H groups in total. The lowest BCUT2D eigenvalue weighted by molar-refractivity contribution is 0.0945. The van der Waals surface area contributed by atoms with Crippen molar-refractivity contribution < 1.29 is 9.53 Å². The molecule has 3 aromatic heterocycles. The zero-order chi connectivity index (χ0) is 22.1. The minimum Gasteiger partial charge on any atom is -0.497 e. The average Bonchev–Trinajstić information content (AvgIpc) is 3.44. The third-order valence-corrected chi connectivity index (χ3v) is 6.36. The summed E-state index contributed by atoms with van der Waals surface area (Å²) >= 11 is 1.48. The Morgan fingerprint density at radius 1 is 1.26 bits per heavy atom. The first-order valence-electron chi connectivity index (χ1n) is 10.3. The summed E-state index contributed by atoms with van der Waals surface area (Å²) in [6, 6.07) is 9.25. The number of benzene rings is 1. The summed E-state index contributed by atoms with van der Waals surface area (Å²) < 4.78 is 9.21. The van der Waals surface area contributed by atoms with Crippen LogP contribution in [-0.4, -0.2) is 32.3 Å². The molecule has 0 radical (unpaired) electrons. The molecule has 0 saturated heterocycles. The van der Waals surface area contributed by atoms with Gasteiger partial charge in [-0.2, -0.15) is 5.10 Å². The van der Waals surface area contributed by atoms with Crippen molar-refractivity contribution in [1.82, 2.24) is 24.6 Å². The number of imidazole rings is 1. The highest BCUT2D eigenvalue weighted by Crippen LogP contribution is 2.30. The molecule has 3 heterocycles. The van der Waals surface area contributed by atoms with E-state index in [1.54, 1.807) is 13.3 Å². The second-order valence-electron chi connectivity index (χ2n) is 8.07. The molecule has 4 aromatic rings. The SMILES string of the molecule is COc1ccc([C@H](NC(=O)c2cc3c(C)nn(CC(C)C)c3s2)c2nccn2C)cc1. The van der Waals surface area contributed by atoms with E-state index >= 15 is 0 Å². The highest BCUT2D eigenvalue weighted by molar-refractivity contribution is 7.20. The Labute approximate surface area is 185 Å². The number of aromatic nitrogens is 4. The van der Waals surface area contributed by atoms with E-state index in [1.165, 1.54) is 11.3 Å². The van der Waals surface area contributed by atoms with Crippen LogP contribution >= 0.6 is 11.3 Å². The molecule has 1 aromatic carbocycles. The predicted octanol–water partition coefficient (Wildman–Crippen LogP) is 4.32. The number of carbonyl (C=O) groups is 1. The lowest BCUT2D eigenvalue weighted by Crippen LogP contribution is -2.30. The van der Waals surface area contributed by atoms with Gasteiger partial charge in [0.05, 0.1) is 17.7 Å². The van der Waals surface area contributed by atoms with Crippen molar-refractivity contribution >= 4 is 27.5 Å². The number of nitrogens with zero attached hydrogens (tertiary/aromatic N) is 4. The minimum atomic E-state index is -0.378. The maximum Gasteiger partial charge on any atom is 0.262 e. The lowest BCUT2D eigenvalue weighted by atomic mass is 10.1. The zero-order valence-electron chi connectivity index (χ0n) is 18.4. The van der Waals surface area contributed by atoms with Crippen LogP contribution in [0.3, 0.4) is 0 Å². The molecule has 31 heavy (non-hydrogen) atoms. The first-order chi connectivity index (χ1) is 14.9. The molecule has 0 spiro atoms. The van der Waals surface area contributed by atoms with Gasteiger partial charge in [0, 0.05) is 31.4 Å². The highest BCUT2D eigenvalue weighted by atomic mass is 32.1. The largest absolute Gasteiger partial charge is 0.497 e. The fraction of sp³-hybridized carbons (Fsp3) is 0.348. The molecule has 4 rings (SSSR count). The number of fused-ring (bicyclic) bond motifs is 1. The van der Waals surface area contributed by atoms with Gasteiger partial charge in [0.25, 0.3) is 5.91 Å². The van der Waals surface area contributed by atoms with Crippen molar-refractivity contribution in [3.05, 3.63) is 64.7 Å². The molecule has 1 atom stereocenters. The summed E-state index contributed by atoms with van der Waals surface area (Å²) in [5.74, 6) is 1.88. The Bertz CT molecular complexity index is 1200. The first kappa shape index (κ1) is 21.1. The summed E-state index contributed by atoms with van der Waals surface area (Å²) in [7, 11) is 3.56. The summed E-state index contributed by atoms with van der Waals surface area (Å²) in [5.41, 5.74) is 1.88.